The van der Waals surface area contributed by atoms with Crippen LogP contribution in [0.25, 0.3) is 0 Å². The maximum atomic E-state index is 11.3. The van der Waals surface area contributed by atoms with Gasteiger partial charge in [0.1, 0.15) is 0 Å². The largest absolute Gasteiger partial charge is 0.543 e. The highest BCUT2D eigenvalue weighted by molar-refractivity contribution is 6.05. The van der Waals surface area contributed by atoms with Gasteiger partial charge < -0.3 is 4.65 Å². The van der Waals surface area contributed by atoms with E-state index in [1.165, 1.54) is 8.05 Å². The van der Waals surface area contributed by atoms with Crippen LogP contribution in [0.15, 0.2) is 0 Å². The van der Waals surface area contributed by atoms with Gasteiger partial charge in [0.25, 0.3) is 5.97 Å². The second kappa shape index (κ2) is 6.10. The van der Waals surface area contributed by atoms with Crippen LogP contribution >= 0.6 is 0 Å². The van der Waals surface area contributed by atoms with Crippen LogP contribution in [0.2, 0.25) is 0 Å². The van der Waals surface area contributed by atoms with E-state index in [1.807, 2.05) is 0 Å². The molecule has 0 amide bonds. The quantitative estimate of drug-likeness (QED) is 0.612. The lowest BCUT2D eigenvalue weighted by molar-refractivity contribution is -0.137. The number of carbonyl (C=O) groups excluding carboxylic acids is 1. The molecule has 0 radical (unpaired) electrons. The van der Waals surface area contributed by atoms with Crippen LogP contribution in [0.4, 0.5) is 0 Å². The number of rotatable bonds is 6. The molecule has 0 saturated heterocycles. The van der Waals surface area contributed by atoms with E-state index in [1.54, 1.807) is 0 Å². The Morgan fingerprint density at radius 2 is 1.86 bits per heavy atom. The van der Waals surface area contributed by atoms with E-state index in [2.05, 4.69) is 27.7 Å². The van der Waals surface area contributed by atoms with Crippen molar-refractivity contribution in [3.05, 3.63) is 0 Å². The van der Waals surface area contributed by atoms with E-state index < -0.39 is 0 Å². The minimum atomic E-state index is -0.0822. The van der Waals surface area contributed by atoms with Crippen LogP contribution in [0.1, 0.15) is 53.4 Å². The molecule has 0 bridgehead atoms. The highest BCUT2D eigenvalue weighted by Gasteiger charge is 2.32. The van der Waals surface area contributed by atoms with Gasteiger partial charge in [-0.1, -0.05) is 40.5 Å². The summed E-state index contributed by atoms with van der Waals surface area (Å²) in [7, 11) is 1.46. The Balaban J connectivity index is 4.51. The van der Waals surface area contributed by atoms with E-state index in [9.17, 15) is 4.79 Å². The predicted octanol–water partition coefficient (Wildman–Crippen LogP) is 2.32. The van der Waals surface area contributed by atoms with Gasteiger partial charge in [0.2, 0.25) is 0 Å². The van der Waals surface area contributed by atoms with E-state index in [0.29, 0.717) is 12.3 Å². The molecular weight excluding hydrogens is 175 g/mol. The maximum absolute atomic E-state index is 11.3. The summed E-state index contributed by atoms with van der Waals surface area (Å²) >= 11 is 0. The first-order valence-corrected chi connectivity index (χ1v) is 5.60. The van der Waals surface area contributed by atoms with Crippen molar-refractivity contribution in [3.8, 4) is 0 Å². The summed E-state index contributed by atoms with van der Waals surface area (Å²) in [4.78, 5) is 11.3. The molecule has 0 aliphatic carbocycles. The van der Waals surface area contributed by atoms with Crippen molar-refractivity contribution >= 4 is 14.0 Å². The average molecular weight is 198 g/mol. The molecule has 0 aromatic heterocycles. The van der Waals surface area contributed by atoms with Crippen molar-refractivity contribution in [1.29, 1.82) is 0 Å². The highest BCUT2D eigenvalue weighted by Crippen LogP contribution is 2.39. The van der Waals surface area contributed by atoms with Crippen molar-refractivity contribution < 1.29 is 9.45 Å². The minimum Gasteiger partial charge on any atom is -0.543 e. The Morgan fingerprint density at radius 1 is 1.36 bits per heavy atom. The first-order valence-electron chi connectivity index (χ1n) is 5.60. The van der Waals surface area contributed by atoms with E-state index in [4.69, 9.17) is 4.65 Å². The smallest absolute Gasteiger partial charge is 0.325 e. The van der Waals surface area contributed by atoms with Crippen molar-refractivity contribution in [2.75, 3.05) is 0 Å². The molecule has 0 aliphatic rings. The number of carbonyl (C=O) groups is 1. The molecule has 3 heteroatoms. The highest BCUT2D eigenvalue weighted by atomic mass is 16.5. The molecule has 0 N–H and O–H groups in total. The molecular formula is C11H23BO2. The summed E-state index contributed by atoms with van der Waals surface area (Å²) < 4.78 is 4.75. The molecule has 0 rings (SSSR count). The molecule has 0 fully saturated rings. The molecule has 0 aliphatic heterocycles. The standard InChI is InChI=1S/C11H23BO2/c1-5-9(6-2)11(4,7-3)8-10(13)14-12/h9H,5-8,12H2,1-4H3. The Labute approximate surface area is 88.9 Å². The summed E-state index contributed by atoms with van der Waals surface area (Å²) in [5.74, 6) is 0.535. The second-order valence-electron chi connectivity index (χ2n) is 4.27. The monoisotopic (exact) mass is 198 g/mol. The van der Waals surface area contributed by atoms with Crippen LogP contribution in [-0.2, 0) is 9.45 Å². The predicted molar refractivity (Wildman–Crippen MR) is 61.7 cm³/mol. The summed E-state index contributed by atoms with van der Waals surface area (Å²) in [6.07, 6.45) is 3.86. The fourth-order valence-electron chi connectivity index (χ4n) is 2.23. The first kappa shape index (κ1) is 13.5. The Kier molecular flexibility index (Phi) is 5.90. The topological polar surface area (TPSA) is 26.3 Å². The Bertz CT molecular complexity index is 178. The van der Waals surface area contributed by atoms with Crippen LogP contribution in [0.3, 0.4) is 0 Å². The third kappa shape index (κ3) is 3.35. The van der Waals surface area contributed by atoms with Crippen molar-refractivity contribution in [2.24, 2.45) is 11.3 Å². The van der Waals surface area contributed by atoms with Gasteiger partial charge in [-0.3, -0.25) is 4.79 Å². The average Bonchev–Trinajstić information content (AvgIpc) is 2.19. The molecule has 1 unspecified atom stereocenters. The van der Waals surface area contributed by atoms with Gasteiger partial charge in [-0.05, 0) is 17.8 Å². The Hall–Kier alpha value is -0.465. The lowest BCUT2D eigenvalue weighted by atomic mass is 9.70. The van der Waals surface area contributed by atoms with Crippen molar-refractivity contribution in [1.82, 2.24) is 0 Å². The van der Waals surface area contributed by atoms with Gasteiger partial charge in [0, 0.05) is 6.42 Å². The zero-order valence-corrected chi connectivity index (χ0v) is 10.2. The van der Waals surface area contributed by atoms with Gasteiger partial charge in [-0.2, -0.15) is 0 Å². The lowest BCUT2D eigenvalue weighted by Crippen LogP contribution is -2.29. The molecule has 0 heterocycles. The van der Waals surface area contributed by atoms with Crippen LogP contribution in [0.5, 0.6) is 0 Å². The summed E-state index contributed by atoms with van der Waals surface area (Å²) in [6, 6.07) is 0. The Morgan fingerprint density at radius 3 is 2.14 bits per heavy atom. The zero-order chi connectivity index (χ0) is 11.2. The van der Waals surface area contributed by atoms with Gasteiger partial charge in [-0.15, -0.1) is 0 Å². The summed E-state index contributed by atoms with van der Waals surface area (Å²) in [5.41, 5.74) is 0.108. The van der Waals surface area contributed by atoms with Crippen LogP contribution in [-0.4, -0.2) is 14.0 Å². The van der Waals surface area contributed by atoms with Gasteiger partial charge in [-0.25, -0.2) is 0 Å². The van der Waals surface area contributed by atoms with E-state index >= 15 is 0 Å². The molecule has 2 nitrogen and oxygen atoms in total. The van der Waals surface area contributed by atoms with Crippen molar-refractivity contribution in [2.45, 2.75) is 53.4 Å². The zero-order valence-electron chi connectivity index (χ0n) is 10.2. The fourth-order valence-corrected chi connectivity index (χ4v) is 2.23. The molecule has 0 saturated carbocycles. The van der Waals surface area contributed by atoms with E-state index in [-0.39, 0.29) is 11.4 Å². The molecule has 0 aromatic carbocycles. The first-order chi connectivity index (χ1) is 6.53. The lowest BCUT2D eigenvalue weighted by Gasteiger charge is -2.35. The maximum Gasteiger partial charge on any atom is 0.325 e. The number of hydrogen-bond acceptors (Lipinski definition) is 2. The third-order valence-electron chi connectivity index (χ3n) is 3.55. The minimum absolute atomic E-state index is 0.0822. The van der Waals surface area contributed by atoms with Crippen LogP contribution in [0, 0.1) is 11.3 Å². The molecule has 1 atom stereocenters. The summed E-state index contributed by atoms with van der Waals surface area (Å²) in [6.45, 7) is 8.74. The van der Waals surface area contributed by atoms with Crippen molar-refractivity contribution in [3.63, 3.8) is 0 Å². The third-order valence-corrected chi connectivity index (χ3v) is 3.55. The number of hydrogen-bond donors (Lipinski definition) is 0. The molecule has 14 heavy (non-hydrogen) atoms. The SMILES string of the molecule is BOC(=O)CC(C)(CC)C(CC)CC. The normalized spacial score (nSPS) is 15.2. The molecule has 0 aromatic rings. The summed E-state index contributed by atoms with van der Waals surface area (Å²) in [5, 5.41) is 0. The fraction of sp³-hybridized carbons (Fsp3) is 0.909. The second-order valence-corrected chi connectivity index (χ2v) is 4.27. The van der Waals surface area contributed by atoms with Gasteiger partial charge in [0.15, 0.2) is 0 Å². The molecule has 82 valence electrons. The van der Waals surface area contributed by atoms with Gasteiger partial charge in [0.05, 0.1) is 0 Å². The van der Waals surface area contributed by atoms with Crippen LogP contribution < -0.4 is 0 Å². The molecule has 0 spiro atoms. The van der Waals surface area contributed by atoms with E-state index in [0.717, 1.165) is 19.3 Å². The van der Waals surface area contributed by atoms with Gasteiger partial charge >= 0.3 is 8.05 Å².